The summed E-state index contributed by atoms with van der Waals surface area (Å²) in [5, 5.41) is 4.68. The van der Waals surface area contributed by atoms with Crippen LogP contribution in [-0.4, -0.2) is 43.0 Å². The first-order chi connectivity index (χ1) is 10.6. The number of carbonyl (C=O) groups excluding carboxylic acids is 1. The molecule has 5 nitrogen and oxygen atoms in total. The zero-order valence-corrected chi connectivity index (χ0v) is 13.0. The maximum absolute atomic E-state index is 12.2. The van der Waals surface area contributed by atoms with Crippen molar-refractivity contribution >= 4 is 27.8 Å². The number of benzene rings is 1. The third-order valence-corrected chi connectivity index (χ3v) is 3.63. The Morgan fingerprint density at radius 2 is 2.05 bits per heavy atom. The van der Waals surface area contributed by atoms with E-state index < -0.39 is 0 Å². The second-order valence-corrected chi connectivity index (χ2v) is 5.63. The third-order valence-electron chi connectivity index (χ3n) is 3.63. The molecule has 1 aromatic carbocycles. The van der Waals surface area contributed by atoms with E-state index >= 15 is 0 Å². The van der Waals surface area contributed by atoms with Crippen LogP contribution in [0, 0.1) is 6.92 Å². The Morgan fingerprint density at radius 3 is 2.82 bits per heavy atom. The molecule has 0 spiro atoms. The van der Waals surface area contributed by atoms with Crippen molar-refractivity contribution in [2.75, 3.05) is 27.2 Å². The zero-order chi connectivity index (χ0) is 15.7. The second kappa shape index (κ2) is 5.77. The molecule has 114 valence electrons. The van der Waals surface area contributed by atoms with Crippen LogP contribution < -0.4 is 5.32 Å². The number of carbonyl (C=O) groups is 1. The first-order valence-corrected chi connectivity index (χ1v) is 7.28. The molecule has 0 aliphatic heterocycles. The van der Waals surface area contributed by atoms with Gasteiger partial charge in [-0.25, -0.2) is 0 Å². The van der Waals surface area contributed by atoms with Crippen molar-refractivity contribution in [2.45, 2.75) is 6.92 Å². The number of nitrogens with one attached hydrogen (secondary N) is 1. The number of aromatic nitrogens is 1. The van der Waals surface area contributed by atoms with Gasteiger partial charge in [-0.2, -0.15) is 0 Å². The largest absolute Gasteiger partial charge is 0.450 e. The molecule has 0 bridgehead atoms. The van der Waals surface area contributed by atoms with Crippen LogP contribution in [0.4, 0.5) is 0 Å². The lowest BCUT2D eigenvalue weighted by Gasteiger charge is -2.09. The fraction of sp³-hybridized carbons (Fsp3) is 0.294. The lowest BCUT2D eigenvalue weighted by atomic mass is 10.1. The molecule has 0 saturated carbocycles. The maximum atomic E-state index is 12.2. The minimum absolute atomic E-state index is 0.193. The molecule has 3 aromatic rings. The van der Waals surface area contributed by atoms with Gasteiger partial charge in [0.1, 0.15) is 5.58 Å². The van der Waals surface area contributed by atoms with E-state index in [2.05, 4.69) is 10.3 Å². The lowest BCUT2D eigenvalue weighted by molar-refractivity contribution is 0.0925. The van der Waals surface area contributed by atoms with Crippen molar-refractivity contribution in [2.24, 2.45) is 0 Å². The smallest absolute Gasteiger partial charge is 0.287 e. The summed E-state index contributed by atoms with van der Waals surface area (Å²) in [5.41, 5.74) is 2.46. The van der Waals surface area contributed by atoms with Gasteiger partial charge in [0.25, 0.3) is 5.91 Å². The van der Waals surface area contributed by atoms with Crippen LogP contribution >= 0.6 is 0 Å². The van der Waals surface area contributed by atoms with E-state index in [-0.39, 0.29) is 5.91 Å². The predicted molar refractivity (Wildman–Crippen MR) is 87.1 cm³/mol. The van der Waals surface area contributed by atoms with Crippen LogP contribution in [-0.2, 0) is 0 Å². The van der Waals surface area contributed by atoms with Crippen LogP contribution in [0.2, 0.25) is 0 Å². The summed E-state index contributed by atoms with van der Waals surface area (Å²) in [7, 11) is 3.93. The summed E-state index contributed by atoms with van der Waals surface area (Å²) in [6, 6.07) is 9.56. The highest BCUT2D eigenvalue weighted by atomic mass is 16.3. The van der Waals surface area contributed by atoms with Gasteiger partial charge in [0.15, 0.2) is 5.76 Å². The van der Waals surface area contributed by atoms with Crippen LogP contribution in [0.5, 0.6) is 0 Å². The molecule has 2 heterocycles. The molecule has 0 unspecified atom stereocenters. The molecule has 0 saturated heterocycles. The Bertz CT molecular complexity index is 836. The van der Waals surface area contributed by atoms with Crippen LogP contribution in [0.15, 0.2) is 34.7 Å². The van der Waals surface area contributed by atoms with E-state index in [0.717, 1.165) is 34.1 Å². The summed E-state index contributed by atoms with van der Waals surface area (Å²) < 4.78 is 5.82. The third kappa shape index (κ3) is 2.67. The van der Waals surface area contributed by atoms with E-state index in [0.29, 0.717) is 12.3 Å². The molecule has 5 heteroatoms. The van der Waals surface area contributed by atoms with E-state index in [1.165, 1.54) is 0 Å². The Labute approximate surface area is 128 Å². The summed E-state index contributed by atoms with van der Waals surface area (Å²) in [6.07, 6.45) is 0. The molecular weight excluding hydrogens is 278 g/mol. The van der Waals surface area contributed by atoms with Crippen LogP contribution in [0.1, 0.15) is 16.2 Å². The van der Waals surface area contributed by atoms with Gasteiger partial charge >= 0.3 is 0 Å². The fourth-order valence-electron chi connectivity index (χ4n) is 2.46. The molecule has 0 aliphatic rings. The van der Waals surface area contributed by atoms with Gasteiger partial charge in [-0.15, -0.1) is 0 Å². The number of fused-ring (bicyclic) bond motifs is 3. The zero-order valence-electron chi connectivity index (χ0n) is 13.0. The highest BCUT2D eigenvalue weighted by molar-refractivity contribution is 6.06. The monoisotopic (exact) mass is 297 g/mol. The molecule has 0 atom stereocenters. The van der Waals surface area contributed by atoms with Crippen LogP contribution in [0.25, 0.3) is 21.9 Å². The number of hydrogen-bond donors (Lipinski definition) is 1. The number of likely N-dealkylation sites (N-methyl/N-ethyl adjacent to an activating group) is 1. The molecule has 3 rings (SSSR count). The van der Waals surface area contributed by atoms with Gasteiger partial charge in [0, 0.05) is 29.6 Å². The van der Waals surface area contributed by atoms with Crippen molar-refractivity contribution in [3.05, 3.63) is 41.8 Å². The van der Waals surface area contributed by atoms with Gasteiger partial charge in [0.05, 0.1) is 5.52 Å². The highest BCUT2D eigenvalue weighted by Gasteiger charge is 2.16. The Morgan fingerprint density at radius 1 is 1.27 bits per heavy atom. The maximum Gasteiger partial charge on any atom is 0.287 e. The Hall–Kier alpha value is -2.40. The topological polar surface area (TPSA) is 58.4 Å². The first kappa shape index (κ1) is 14.5. The van der Waals surface area contributed by atoms with E-state index in [1.54, 1.807) is 6.07 Å². The number of nitrogens with zero attached hydrogens (tertiary/aromatic N) is 2. The minimum Gasteiger partial charge on any atom is -0.450 e. The van der Waals surface area contributed by atoms with Crippen molar-refractivity contribution in [1.82, 2.24) is 15.2 Å². The van der Waals surface area contributed by atoms with Crippen molar-refractivity contribution < 1.29 is 9.21 Å². The number of hydrogen-bond acceptors (Lipinski definition) is 4. The first-order valence-electron chi connectivity index (χ1n) is 7.28. The van der Waals surface area contributed by atoms with E-state index in [4.69, 9.17) is 4.42 Å². The summed E-state index contributed by atoms with van der Waals surface area (Å²) in [6.45, 7) is 3.30. The number of para-hydroxylation sites is 1. The van der Waals surface area contributed by atoms with Gasteiger partial charge in [-0.3, -0.25) is 9.78 Å². The standard InChI is InChI=1S/C17H19N3O2/c1-11-13-10-15(17(21)18-8-9-20(2)3)22-16(13)12-6-4-5-7-14(12)19-11/h4-7,10H,8-9H2,1-3H3,(H,18,21). The molecule has 0 radical (unpaired) electrons. The molecular formula is C17H19N3O2. The molecule has 1 amide bonds. The summed E-state index contributed by atoms with van der Waals surface area (Å²) in [5.74, 6) is 0.136. The van der Waals surface area contributed by atoms with E-state index in [1.807, 2.05) is 50.2 Å². The quantitative estimate of drug-likeness (QED) is 0.804. The van der Waals surface area contributed by atoms with Gasteiger partial charge in [-0.05, 0) is 39.2 Å². The second-order valence-electron chi connectivity index (χ2n) is 5.63. The fourth-order valence-corrected chi connectivity index (χ4v) is 2.46. The van der Waals surface area contributed by atoms with Crippen molar-refractivity contribution in [3.63, 3.8) is 0 Å². The minimum atomic E-state index is -0.193. The molecule has 22 heavy (non-hydrogen) atoms. The number of rotatable bonds is 4. The van der Waals surface area contributed by atoms with Crippen molar-refractivity contribution in [1.29, 1.82) is 0 Å². The highest BCUT2D eigenvalue weighted by Crippen LogP contribution is 2.28. The summed E-state index contributed by atoms with van der Waals surface area (Å²) in [4.78, 5) is 18.8. The molecule has 2 aromatic heterocycles. The predicted octanol–water partition coefficient (Wildman–Crippen LogP) is 2.58. The lowest BCUT2D eigenvalue weighted by Crippen LogP contribution is -2.31. The SMILES string of the molecule is Cc1nc2ccccc2c2oc(C(=O)NCCN(C)C)cc12. The van der Waals surface area contributed by atoms with Gasteiger partial charge < -0.3 is 14.6 Å². The number of furan rings is 1. The van der Waals surface area contributed by atoms with E-state index in [9.17, 15) is 4.79 Å². The summed E-state index contributed by atoms with van der Waals surface area (Å²) >= 11 is 0. The van der Waals surface area contributed by atoms with Gasteiger partial charge in [0.2, 0.25) is 0 Å². The average Bonchev–Trinajstić information content (AvgIpc) is 2.93. The Kier molecular flexibility index (Phi) is 3.81. The number of amides is 1. The van der Waals surface area contributed by atoms with Crippen LogP contribution in [0.3, 0.4) is 0 Å². The van der Waals surface area contributed by atoms with Gasteiger partial charge in [-0.1, -0.05) is 12.1 Å². The molecule has 0 fully saturated rings. The van der Waals surface area contributed by atoms with Crippen molar-refractivity contribution in [3.8, 4) is 0 Å². The number of aryl methyl sites for hydroxylation is 1. The normalized spacial score (nSPS) is 11.5. The molecule has 1 N–H and O–H groups in total. The molecule has 0 aliphatic carbocycles. The Balaban J connectivity index is 1.97. The number of pyridine rings is 1. The average molecular weight is 297 g/mol.